The van der Waals surface area contributed by atoms with Crippen molar-refractivity contribution in [2.75, 3.05) is 27.2 Å². The first-order chi connectivity index (χ1) is 9.47. The molecule has 1 fully saturated rings. The van der Waals surface area contributed by atoms with Crippen LogP contribution in [0.3, 0.4) is 0 Å². The average Bonchev–Trinajstić information content (AvgIpc) is 2.41. The lowest BCUT2D eigenvalue weighted by Crippen LogP contribution is -2.41. The number of halogens is 1. The molecule has 0 spiro atoms. The summed E-state index contributed by atoms with van der Waals surface area (Å²) in [5.41, 5.74) is 1.24. The van der Waals surface area contributed by atoms with E-state index in [1.54, 1.807) is 6.07 Å². The molecular weight excluding hydrogens is 276 g/mol. The van der Waals surface area contributed by atoms with Crippen molar-refractivity contribution >= 4 is 17.6 Å². The first kappa shape index (κ1) is 15.3. The van der Waals surface area contributed by atoms with Gasteiger partial charge in [-0.3, -0.25) is 4.90 Å². The van der Waals surface area contributed by atoms with Gasteiger partial charge in [-0.25, -0.2) is 4.79 Å². The third kappa shape index (κ3) is 3.72. The average molecular weight is 297 g/mol. The Morgan fingerprint density at radius 1 is 1.40 bits per heavy atom. The third-order valence-corrected chi connectivity index (χ3v) is 4.33. The molecule has 0 atom stereocenters. The van der Waals surface area contributed by atoms with Crippen LogP contribution in [0.2, 0.25) is 5.02 Å². The number of likely N-dealkylation sites (tertiary alicyclic amines) is 1. The van der Waals surface area contributed by atoms with Crippen LogP contribution < -0.4 is 0 Å². The summed E-state index contributed by atoms with van der Waals surface area (Å²) in [6.07, 6.45) is 2.33. The lowest BCUT2D eigenvalue weighted by atomic mass is 10.0. The zero-order valence-electron chi connectivity index (χ0n) is 12.0. The van der Waals surface area contributed by atoms with Crippen molar-refractivity contribution < 1.29 is 9.90 Å². The summed E-state index contributed by atoms with van der Waals surface area (Å²) in [5, 5.41) is 9.47. The molecule has 0 radical (unpaired) electrons. The van der Waals surface area contributed by atoms with Gasteiger partial charge < -0.3 is 10.0 Å². The molecule has 1 N–H and O–H groups in total. The van der Waals surface area contributed by atoms with Crippen molar-refractivity contribution in [3.8, 4) is 0 Å². The summed E-state index contributed by atoms with van der Waals surface area (Å²) in [7, 11) is 4.25. The van der Waals surface area contributed by atoms with Gasteiger partial charge in [0.25, 0.3) is 0 Å². The summed E-state index contributed by atoms with van der Waals surface area (Å²) in [5.74, 6) is -0.940. The molecule has 20 heavy (non-hydrogen) atoms. The minimum absolute atomic E-state index is 0.241. The zero-order valence-corrected chi connectivity index (χ0v) is 12.7. The lowest BCUT2D eigenvalue weighted by molar-refractivity contribution is 0.0697. The van der Waals surface area contributed by atoms with E-state index in [1.165, 1.54) is 6.07 Å². The van der Waals surface area contributed by atoms with Crippen LogP contribution in [0.25, 0.3) is 0 Å². The molecule has 0 amide bonds. The summed E-state index contributed by atoms with van der Waals surface area (Å²) >= 11 is 6.17. The predicted octanol–water partition coefficient (Wildman–Crippen LogP) is 2.56. The molecule has 0 aromatic heterocycles. The molecule has 2 rings (SSSR count). The molecule has 1 heterocycles. The number of piperidine rings is 1. The van der Waals surface area contributed by atoms with E-state index in [2.05, 4.69) is 23.9 Å². The van der Waals surface area contributed by atoms with E-state index in [1.807, 2.05) is 6.07 Å². The normalized spacial score (nSPS) is 17.6. The molecule has 0 bridgehead atoms. The first-order valence-electron chi connectivity index (χ1n) is 6.88. The zero-order chi connectivity index (χ0) is 14.7. The van der Waals surface area contributed by atoms with Crippen LogP contribution >= 0.6 is 11.6 Å². The fourth-order valence-corrected chi connectivity index (χ4v) is 2.88. The number of aromatic carboxylic acids is 1. The van der Waals surface area contributed by atoms with E-state index in [0.717, 1.165) is 38.0 Å². The largest absolute Gasteiger partial charge is 0.478 e. The minimum Gasteiger partial charge on any atom is -0.478 e. The monoisotopic (exact) mass is 296 g/mol. The van der Waals surface area contributed by atoms with E-state index >= 15 is 0 Å². The van der Waals surface area contributed by atoms with E-state index in [0.29, 0.717) is 11.1 Å². The second-order valence-corrected chi connectivity index (χ2v) is 5.99. The van der Waals surface area contributed by atoms with Crippen LogP contribution in [0.5, 0.6) is 0 Å². The lowest BCUT2D eigenvalue weighted by Gasteiger charge is -2.35. The Hall–Kier alpha value is -1.10. The summed E-state index contributed by atoms with van der Waals surface area (Å²) in [4.78, 5) is 15.5. The van der Waals surface area contributed by atoms with Crippen LogP contribution in [0.1, 0.15) is 28.8 Å². The molecule has 1 aromatic carbocycles. The van der Waals surface area contributed by atoms with E-state index in [-0.39, 0.29) is 5.56 Å². The number of benzene rings is 1. The maximum Gasteiger partial charge on any atom is 0.335 e. The highest BCUT2D eigenvalue weighted by atomic mass is 35.5. The van der Waals surface area contributed by atoms with Gasteiger partial charge in [-0.2, -0.15) is 0 Å². The molecule has 1 saturated heterocycles. The van der Waals surface area contributed by atoms with Crippen LogP contribution in [0, 0.1) is 0 Å². The second-order valence-electron chi connectivity index (χ2n) is 5.58. The SMILES string of the molecule is CN(C)C1CCN(Cc2ccc(C(=O)O)cc2Cl)CC1. The molecule has 1 aliphatic rings. The highest BCUT2D eigenvalue weighted by Gasteiger charge is 2.21. The first-order valence-corrected chi connectivity index (χ1v) is 7.25. The smallest absolute Gasteiger partial charge is 0.335 e. The molecule has 1 aromatic rings. The van der Waals surface area contributed by atoms with Crippen molar-refractivity contribution in [3.05, 3.63) is 34.3 Å². The highest BCUT2D eigenvalue weighted by Crippen LogP contribution is 2.22. The Labute approximate surface area is 124 Å². The second kappa shape index (κ2) is 6.57. The van der Waals surface area contributed by atoms with Gasteiger partial charge in [0.1, 0.15) is 0 Å². The number of rotatable bonds is 4. The van der Waals surface area contributed by atoms with Gasteiger partial charge in [-0.1, -0.05) is 17.7 Å². The summed E-state index contributed by atoms with van der Waals surface area (Å²) in [6, 6.07) is 5.64. The maximum absolute atomic E-state index is 10.9. The van der Waals surface area contributed by atoms with Crippen LogP contribution in [0.15, 0.2) is 18.2 Å². The minimum atomic E-state index is -0.940. The van der Waals surface area contributed by atoms with Gasteiger partial charge in [0.05, 0.1) is 5.56 Å². The Balaban J connectivity index is 1.96. The number of carbonyl (C=O) groups is 1. The van der Waals surface area contributed by atoms with Crippen molar-refractivity contribution in [1.29, 1.82) is 0 Å². The molecule has 1 aliphatic heterocycles. The van der Waals surface area contributed by atoms with Gasteiger partial charge in [0, 0.05) is 17.6 Å². The number of nitrogens with zero attached hydrogens (tertiary/aromatic N) is 2. The van der Waals surface area contributed by atoms with Crippen molar-refractivity contribution in [2.24, 2.45) is 0 Å². The number of carboxylic acids is 1. The van der Waals surface area contributed by atoms with Crippen molar-refractivity contribution in [1.82, 2.24) is 9.80 Å². The Morgan fingerprint density at radius 3 is 2.55 bits per heavy atom. The predicted molar refractivity (Wildman–Crippen MR) is 80.4 cm³/mol. The Morgan fingerprint density at radius 2 is 2.05 bits per heavy atom. The van der Waals surface area contributed by atoms with Gasteiger partial charge in [0.2, 0.25) is 0 Å². The highest BCUT2D eigenvalue weighted by molar-refractivity contribution is 6.31. The molecule has 0 unspecified atom stereocenters. The molecular formula is C15H21ClN2O2. The topological polar surface area (TPSA) is 43.8 Å². The summed E-state index contributed by atoms with van der Waals surface area (Å²) < 4.78 is 0. The number of carboxylic acid groups (broad SMARTS) is 1. The fraction of sp³-hybridized carbons (Fsp3) is 0.533. The van der Waals surface area contributed by atoms with Gasteiger partial charge >= 0.3 is 5.97 Å². The standard InChI is InChI=1S/C15H21ClN2O2/c1-17(2)13-5-7-18(8-6-13)10-12-4-3-11(15(19)20)9-14(12)16/h3-4,9,13H,5-8,10H2,1-2H3,(H,19,20). The van der Waals surface area contributed by atoms with Crippen LogP contribution in [-0.2, 0) is 6.54 Å². The molecule has 4 nitrogen and oxygen atoms in total. The third-order valence-electron chi connectivity index (χ3n) is 3.98. The van der Waals surface area contributed by atoms with Gasteiger partial charge in [0.15, 0.2) is 0 Å². The van der Waals surface area contributed by atoms with Crippen molar-refractivity contribution in [2.45, 2.75) is 25.4 Å². The molecule has 110 valence electrons. The van der Waals surface area contributed by atoms with Crippen LogP contribution in [0.4, 0.5) is 0 Å². The number of hydrogen-bond donors (Lipinski definition) is 1. The van der Waals surface area contributed by atoms with E-state index in [9.17, 15) is 4.79 Å². The fourth-order valence-electron chi connectivity index (χ4n) is 2.64. The van der Waals surface area contributed by atoms with E-state index < -0.39 is 5.97 Å². The molecule has 0 saturated carbocycles. The van der Waals surface area contributed by atoms with Crippen LogP contribution in [-0.4, -0.2) is 54.1 Å². The van der Waals surface area contributed by atoms with Gasteiger partial charge in [-0.15, -0.1) is 0 Å². The number of hydrogen-bond acceptors (Lipinski definition) is 3. The van der Waals surface area contributed by atoms with Gasteiger partial charge in [-0.05, 0) is 57.7 Å². The van der Waals surface area contributed by atoms with E-state index in [4.69, 9.17) is 16.7 Å². The summed E-state index contributed by atoms with van der Waals surface area (Å²) in [6.45, 7) is 2.90. The molecule has 5 heteroatoms. The quantitative estimate of drug-likeness (QED) is 0.927. The van der Waals surface area contributed by atoms with Crippen molar-refractivity contribution in [3.63, 3.8) is 0 Å². The Bertz CT molecular complexity index is 483. The molecule has 0 aliphatic carbocycles. The Kier molecular flexibility index (Phi) is 5.02. The maximum atomic E-state index is 10.9.